The minimum absolute atomic E-state index is 0.0306. The first kappa shape index (κ1) is 26.4. The van der Waals surface area contributed by atoms with Crippen LogP contribution in [-0.4, -0.2) is 68.0 Å². The van der Waals surface area contributed by atoms with E-state index in [1.54, 1.807) is 35.0 Å². The quantitative estimate of drug-likeness (QED) is 0.527. The average molecular weight is 459 g/mol. The lowest BCUT2D eigenvalue weighted by molar-refractivity contribution is -0.0227. The van der Waals surface area contributed by atoms with Crippen LogP contribution in [0.4, 0.5) is 13.6 Å². The van der Waals surface area contributed by atoms with E-state index in [-0.39, 0.29) is 31.2 Å². The summed E-state index contributed by atoms with van der Waals surface area (Å²) >= 11 is 0. The van der Waals surface area contributed by atoms with Crippen molar-refractivity contribution in [1.29, 1.82) is 0 Å². The lowest BCUT2D eigenvalue weighted by atomic mass is 9.90. The van der Waals surface area contributed by atoms with E-state index in [0.717, 1.165) is 25.3 Å². The van der Waals surface area contributed by atoms with Crippen molar-refractivity contribution in [3.8, 4) is 0 Å². The summed E-state index contributed by atoms with van der Waals surface area (Å²) in [5.41, 5.74) is -0.408. The molecule has 2 rings (SSSR count). The average Bonchev–Trinajstić information content (AvgIpc) is 2.69. The van der Waals surface area contributed by atoms with Crippen LogP contribution in [0.2, 0.25) is 0 Å². The van der Waals surface area contributed by atoms with E-state index >= 15 is 0 Å². The van der Waals surface area contributed by atoms with Gasteiger partial charge in [-0.15, -0.1) is 0 Å². The zero-order valence-corrected chi connectivity index (χ0v) is 19.5. The molecule has 1 saturated carbocycles. The van der Waals surface area contributed by atoms with Crippen LogP contribution in [0.25, 0.3) is 0 Å². The minimum atomic E-state index is -1.03. The summed E-state index contributed by atoms with van der Waals surface area (Å²) in [6.07, 6.45) is 0.728. The molecule has 0 aliphatic heterocycles. The summed E-state index contributed by atoms with van der Waals surface area (Å²) in [7, 11) is 3.32. The maximum atomic E-state index is 13.6. The van der Waals surface area contributed by atoms with Crippen molar-refractivity contribution in [2.24, 2.45) is 0 Å². The van der Waals surface area contributed by atoms with E-state index in [1.807, 2.05) is 0 Å². The number of methoxy groups -OCH3 is 2. The zero-order chi connectivity index (χ0) is 23.9. The maximum Gasteiger partial charge on any atom is 0.407 e. The molecule has 32 heavy (non-hydrogen) atoms. The molecule has 1 unspecified atom stereocenters. The molecule has 5 atom stereocenters. The molecular formula is C23H36F2N2O5. The van der Waals surface area contributed by atoms with Crippen LogP contribution in [0.15, 0.2) is 18.2 Å². The molecule has 9 heteroatoms. The molecule has 3 N–H and O–H groups in total. The summed E-state index contributed by atoms with van der Waals surface area (Å²) in [6, 6.07) is 2.38. The highest BCUT2D eigenvalue weighted by Gasteiger charge is 2.31. The molecule has 1 aliphatic carbocycles. The fourth-order valence-electron chi connectivity index (χ4n) is 3.92. The van der Waals surface area contributed by atoms with E-state index in [2.05, 4.69) is 10.6 Å². The van der Waals surface area contributed by atoms with Crippen molar-refractivity contribution in [2.45, 2.75) is 82.5 Å². The number of aliphatic hydroxyl groups is 1. The van der Waals surface area contributed by atoms with E-state index in [0.29, 0.717) is 5.56 Å². The van der Waals surface area contributed by atoms with E-state index in [1.165, 1.54) is 12.1 Å². The van der Waals surface area contributed by atoms with Crippen molar-refractivity contribution in [3.63, 3.8) is 0 Å². The molecule has 0 aromatic heterocycles. The fourth-order valence-corrected chi connectivity index (χ4v) is 3.92. The molecule has 1 aliphatic rings. The second-order valence-electron chi connectivity index (χ2n) is 9.33. The third kappa shape index (κ3) is 8.97. The van der Waals surface area contributed by atoms with Crippen LogP contribution in [0.3, 0.4) is 0 Å². The third-order valence-corrected chi connectivity index (χ3v) is 5.45. The van der Waals surface area contributed by atoms with Gasteiger partial charge in [-0.1, -0.05) is 0 Å². The number of rotatable bonds is 9. The first-order valence-corrected chi connectivity index (χ1v) is 10.9. The van der Waals surface area contributed by atoms with Crippen molar-refractivity contribution in [2.75, 3.05) is 20.8 Å². The summed E-state index contributed by atoms with van der Waals surface area (Å²) < 4.78 is 43.5. The molecule has 0 spiro atoms. The van der Waals surface area contributed by atoms with Crippen molar-refractivity contribution in [3.05, 3.63) is 35.4 Å². The Morgan fingerprint density at radius 3 is 2.16 bits per heavy atom. The number of aliphatic hydroxyl groups excluding tert-OH is 1. The van der Waals surface area contributed by atoms with Crippen molar-refractivity contribution < 1.29 is 32.9 Å². The van der Waals surface area contributed by atoms with Gasteiger partial charge in [0, 0.05) is 32.9 Å². The fraction of sp³-hybridized carbons (Fsp3) is 0.696. The van der Waals surface area contributed by atoms with Gasteiger partial charge in [-0.2, -0.15) is 0 Å². The number of carbonyl (C=O) groups is 1. The van der Waals surface area contributed by atoms with Crippen LogP contribution in [0.1, 0.15) is 45.6 Å². The number of nitrogens with one attached hydrogen (secondary N) is 2. The Bertz CT molecular complexity index is 711. The second-order valence-corrected chi connectivity index (χ2v) is 9.33. The highest BCUT2D eigenvalue weighted by Crippen LogP contribution is 2.23. The molecule has 1 amide bonds. The molecular weight excluding hydrogens is 422 g/mol. The Balaban J connectivity index is 2.06. The van der Waals surface area contributed by atoms with Gasteiger partial charge in [0.1, 0.15) is 17.2 Å². The monoisotopic (exact) mass is 458 g/mol. The van der Waals surface area contributed by atoms with E-state index < -0.39 is 35.5 Å². The second kappa shape index (κ2) is 11.9. The standard InChI is InChI=1S/C23H36F2N2O5/c1-23(2,3)32-22(29)27-20(8-14-6-15(24)9-16(25)7-14)21(28)13-26-17-10-18(30-4)12-19(11-17)31-5/h6-7,9,17-21,26,28H,8,10-13H2,1-5H3,(H,27,29)/t17?,18-,19+,20-,21+/m0/s1. The van der Waals surface area contributed by atoms with Gasteiger partial charge < -0.3 is 30.0 Å². The van der Waals surface area contributed by atoms with E-state index in [4.69, 9.17) is 14.2 Å². The molecule has 0 radical (unpaired) electrons. The first-order chi connectivity index (χ1) is 15.0. The molecule has 0 saturated heterocycles. The highest BCUT2D eigenvalue weighted by atomic mass is 19.1. The number of carbonyl (C=O) groups excluding carboxylic acids is 1. The lowest BCUT2D eigenvalue weighted by Gasteiger charge is -2.35. The SMILES string of the molecule is CO[C@@H]1CC(NC[C@@H](O)[C@H](Cc2cc(F)cc(F)c2)NC(=O)OC(C)(C)C)C[C@H](OC)C1. The van der Waals surface area contributed by atoms with Crippen molar-refractivity contribution in [1.82, 2.24) is 10.6 Å². The first-order valence-electron chi connectivity index (χ1n) is 10.9. The summed E-state index contributed by atoms with van der Waals surface area (Å²) in [4.78, 5) is 12.3. The third-order valence-electron chi connectivity index (χ3n) is 5.45. The topological polar surface area (TPSA) is 89.1 Å². The van der Waals surface area contributed by atoms with Gasteiger partial charge in [-0.3, -0.25) is 0 Å². The van der Waals surface area contributed by atoms with Crippen molar-refractivity contribution >= 4 is 6.09 Å². The smallest absolute Gasteiger partial charge is 0.407 e. The highest BCUT2D eigenvalue weighted by molar-refractivity contribution is 5.68. The zero-order valence-electron chi connectivity index (χ0n) is 19.5. The normalized spacial score (nSPS) is 23.4. The number of benzene rings is 1. The van der Waals surface area contributed by atoms with Crippen LogP contribution in [0, 0.1) is 11.6 Å². The number of alkyl carbamates (subject to hydrolysis) is 1. The molecule has 0 bridgehead atoms. The Kier molecular flexibility index (Phi) is 9.82. The lowest BCUT2D eigenvalue weighted by Crippen LogP contribution is -2.52. The van der Waals surface area contributed by atoms with Gasteiger partial charge in [0.15, 0.2) is 0 Å². The van der Waals surface area contributed by atoms with Crippen LogP contribution in [0.5, 0.6) is 0 Å². The number of hydrogen-bond acceptors (Lipinski definition) is 6. The molecule has 1 aromatic carbocycles. The number of amides is 1. The maximum absolute atomic E-state index is 13.6. The van der Waals surface area contributed by atoms with Crippen LogP contribution in [-0.2, 0) is 20.6 Å². The molecule has 7 nitrogen and oxygen atoms in total. The number of halogens is 2. The molecule has 0 heterocycles. The van der Waals surface area contributed by atoms with Gasteiger partial charge in [-0.25, -0.2) is 13.6 Å². The number of ether oxygens (including phenoxy) is 3. The molecule has 182 valence electrons. The summed E-state index contributed by atoms with van der Waals surface area (Å²) in [6.45, 7) is 5.34. The Morgan fingerprint density at radius 1 is 1.09 bits per heavy atom. The van der Waals surface area contributed by atoms with Gasteiger partial charge >= 0.3 is 6.09 Å². The number of hydrogen-bond donors (Lipinski definition) is 3. The van der Waals surface area contributed by atoms with Crippen LogP contribution >= 0.6 is 0 Å². The summed E-state index contributed by atoms with van der Waals surface area (Å²) in [5, 5.41) is 16.8. The van der Waals surface area contributed by atoms with Gasteiger partial charge in [-0.05, 0) is 64.2 Å². The Morgan fingerprint density at radius 2 is 1.66 bits per heavy atom. The van der Waals surface area contributed by atoms with E-state index in [9.17, 15) is 18.7 Å². The van der Waals surface area contributed by atoms with Crippen LogP contribution < -0.4 is 10.6 Å². The minimum Gasteiger partial charge on any atom is -0.444 e. The molecule has 1 aromatic rings. The summed E-state index contributed by atoms with van der Waals surface area (Å²) in [5.74, 6) is -1.44. The predicted molar refractivity (Wildman–Crippen MR) is 116 cm³/mol. The van der Waals surface area contributed by atoms with Gasteiger partial charge in [0.05, 0.1) is 24.4 Å². The van der Waals surface area contributed by atoms with Gasteiger partial charge in [0.25, 0.3) is 0 Å². The molecule has 1 fully saturated rings. The Labute approximate surface area is 188 Å². The van der Waals surface area contributed by atoms with Gasteiger partial charge in [0.2, 0.25) is 0 Å². The predicted octanol–water partition coefficient (Wildman–Crippen LogP) is 2.93. The largest absolute Gasteiger partial charge is 0.444 e. The Hall–Kier alpha value is -1.81.